The Bertz CT molecular complexity index is 695. The van der Waals surface area contributed by atoms with Crippen LogP contribution in [-0.4, -0.2) is 22.3 Å². The molecule has 122 valence electrons. The molecule has 1 amide bonds. The lowest BCUT2D eigenvalue weighted by Gasteiger charge is -2.07. The maximum Gasteiger partial charge on any atom is 0.295 e. The molecule has 1 aromatic carbocycles. The van der Waals surface area contributed by atoms with Crippen LogP contribution < -0.4 is 5.48 Å². The third-order valence-corrected chi connectivity index (χ3v) is 4.28. The molecule has 0 spiro atoms. The monoisotopic (exact) mass is 333 g/mol. The van der Waals surface area contributed by atoms with Crippen molar-refractivity contribution in [3.8, 4) is 5.69 Å². The molecule has 0 aliphatic heterocycles. The minimum atomic E-state index is -0.280. The van der Waals surface area contributed by atoms with Crippen LogP contribution in [0.15, 0.2) is 24.3 Å². The molecule has 0 fully saturated rings. The molecule has 23 heavy (non-hydrogen) atoms. The quantitative estimate of drug-likeness (QED) is 0.688. The number of fused-ring (bicyclic) bond motifs is 1. The number of rotatable bonds is 4. The Morgan fingerprint density at radius 2 is 2.00 bits per heavy atom. The Morgan fingerprint density at radius 3 is 2.74 bits per heavy atom. The van der Waals surface area contributed by atoms with Gasteiger partial charge in [-0.1, -0.05) is 18.0 Å². The van der Waals surface area contributed by atoms with Gasteiger partial charge in [0.05, 0.1) is 12.3 Å². The number of nitrogens with zero attached hydrogens (tertiary/aromatic N) is 2. The number of benzene rings is 1. The van der Waals surface area contributed by atoms with Crippen LogP contribution in [0.2, 0.25) is 5.02 Å². The van der Waals surface area contributed by atoms with Crippen molar-refractivity contribution < 1.29 is 9.63 Å². The molecule has 0 atom stereocenters. The number of hydrogen-bond donors (Lipinski definition) is 1. The van der Waals surface area contributed by atoms with Crippen molar-refractivity contribution in [1.29, 1.82) is 0 Å². The molecule has 1 heterocycles. The van der Waals surface area contributed by atoms with Crippen molar-refractivity contribution in [2.45, 2.75) is 39.0 Å². The Balaban J connectivity index is 2.04. The molecular weight excluding hydrogens is 314 g/mol. The van der Waals surface area contributed by atoms with Crippen LogP contribution in [0.4, 0.5) is 0 Å². The molecule has 1 aromatic heterocycles. The van der Waals surface area contributed by atoms with Gasteiger partial charge in [-0.15, -0.1) is 0 Å². The van der Waals surface area contributed by atoms with E-state index in [0.29, 0.717) is 17.3 Å². The molecule has 0 saturated heterocycles. The highest BCUT2D eigenvalue weighted by molar-refractivity contribution is 6.30. The lowest BCUT2D eigenvalue weighted by Crippen LogP contribution is -2.25. The molecule has 0 radical (unpaired) electrons. The van der Waals surface area contributed by atoms with Gasteiger partial charge in [0.1, 0.15) is 0 Å². The van der Waals surface area contributed by atoms with E-state index >= 15 is 0 Å². The number of carbonyl (C=O) groups is 1. The fourth-order valence-corrected chi connectivity index (χ4v) is 3.07. The van der Waals surface area contributed by atoms with Crippen LogP contribution in [0, 0.1) is 0 Å². The smallest absolute Gasteiger partial charge is 0.274 e. The van der Waals surface area contributed by atoms with E-state index in [4.69, 9.17) is 16.4 Å². The molecule has 3 rings (SSSR count). The van der Waals surface area contributed by atoms with Crippen LogP contribution >= 0.6 is 11.6 Å². The normalized spacial score (nSPS) is 14.2. The van der Waals surface area contributed by atoms with Crippen molar-refractivity contribution in [2.75, 3.05) is 6.61 Å². The third kappa shape index (κ3) is 3.41. The molecule has 5 nitrogen and oxygen atoms in total. The van der Waals surface area contributed by atoms with E-state index in [1.54, 1.807) is 0 Å². The zero-order chi connectivity index (χ0) is 16.2. The molecule has 6 heteroatoms. The first-order valence-corrected chi connectivity index (χ1v) is 8.37. The second kappa shape index (κ2) is 7.15. The largest absolute Gasteiger partial charge is 0.295 e. The average Bonchev–Trinajstić information content (AvgIpc) is 2.75. The van der Waals surface area contributed by atoms with Crippen molar-refractivity contribution >= 4 is 17.5 Å². The number of hydrogen-bond acceptors (Lipinski definition) is 3. The summed E-state index contributed by atoms with van der Waals surface area (Å²) < 4.78 is 1.87. The number of hydroxylamine groups is 1. The topological polar surface area (TPSA) is 56.1 Å². The second-order valence-electron chi connectivity index (χ2n) is 5.59. The van der Waals surface area contributed by atoms with Gasteiger partial charge < -0.3 is 0 Å². The summed E-state index contributed by atoms with van der Waals surface area (Å²) in [6.45, 7) is 2.25. The molecule has 1 aliphatic rings. The van der Waals surface area contributed by atoms with E-state index < -0.39 is 0 Å². The van der Waals surface area contributed by atoms with E-state index in [1.165, 1.54) is 6.42 Å². The van der Waals surface area contributed by atoms with Gasteiger partial charge in [0, 0.05) is 16.3 Å². The second-order valence-corrected chi connectivity index (χ2v) is 6.02. The first kappa shape index (κ1) is 16.0. The summed E-state index contributed by atoms with van der Waals surface area (Å²) in [6.07, 6.45) is 5.15. The molecule has 0 bridgehead atoms. The van der Waals surface area contributed by atoms with Crippen molar-refractivity contribution in [1.82, 2.24) is 15.3 Å². The van der Waals surface area contributed by atoms with E-state index in [-0.39, 0.29) is 5.91 Å². The summed E-state index contributed by atoms with van der Waals surface area (Å²) in [6, 6.07) is 7.51. The summed E-state index contributed by atoms with van der Waals surface area (Å²) >= 11 is 5.97. The van der Waals surface area contributed by atoms with Crippen LogP contribution in [-0.2, 0) is 17.7 Å². The highest BCUT2D eigenvalue weighted by Crippen LogP contribution is 2.27. The highest BCUT2D eigenvalue weighted by atomic mass is 35.5. The summed E-state index contributed by atoms with van der Waals surface area (Å²) in [5.74, 6) is -0.280. The molecule has 2 aromatic rings. The van der Waals surface area contributed by atoms with E-state index in [1.807, 2.05) is 35.9 Å². The lowest BCUT2D eigenvalue weighted by molar-refractivity contribution is 0.0358. The first-order valence-electron chi connectivity index (χ1n) is 7.99. The number of carbonyl (C=O) groups excluding carboxylic acids is 1. The molecular formula is C17H20ClN3O2. The van der Waals surface area contributed by atoms with Crippen LogP contribution in [0.3, 0.4) is 0 Å². The minimum Gasteiger partial charge on any atom is -0.274 e. The van der Waals surface area contributed by atoms with Gasteiger partial charge in [-0.05, 0) is 56.9 Å². The molecule has 0 unspecified atom stereocenters. The van der Waals surface area contributed by atoms with Gasteiger partial charge in [-0.25, -0.2) is 10.2 Å². The van der Waals surface area contributed by atoms with Gasteiger partial charge >= 0.3 is 0 Å². The zero-order valence-corrected chi connectivity index (χ0v) is 13.9. The maximum absolute atomic E-state index is 12.4. The SMILES string of the molecule is CCONC(=O)c1nn(-c2ccc(Cl)cc2)c2c1CCCCC2. The van der Waals surface area contributed by atoms with Gasteiger partial charge in [-0.3, -0.25) is 9.63 Å². The Kier molecular flexibility index (Phi) is 4.98. The predicted octanol–water partition coefficient (Wildman–Crippen LogP) is 3.48. The van der Waals surface area contributed by atoms with Crippen LogP contribution in [0.1, 0.15) is 47.9 Å². The summed E-state index contributed by atoms with van der Waals surface area (Å²) in [5.41, 5.74) is 5.99. The Morgan fingerprint density at radius 1 is 1.26 bits per heavy atom. The zero-order valence-electron chi connectivity index (χ0n) is 13.1. The molecule has 1 N–H and O–H groups in total. The van der Waals surface area contributed by atoms with E-state index in [0.717, 1.165) is 42.6 Å². The van der Waals surface area contributed by atoms with Gasteiger partial charge in [0.25, 0.3) is 5.91 Å². The predicted molar refractivity (Wildman–Crippen MR) is 88.9 cm³/mol. The summed E-state index contributed by atoms with van der Waals surface area (Å²) in [5, 5.41) is 5.25. The summed E-state index contributed by atoms with van der Waals surface area (Å²) in [7, 11) is 0. The fraction of sp³-hybridized carbons (Fsp3) is 0.412. The van der Waals surface area contributed by atoms with Crippen molar-refractivity contribution in [3.63, 3.8) is 0 Å². The fourth-order valence-electron chi connectivity index (χ4n) is 2.94. The van der Waals surface area contributed by atoms with Crippen LogP contribution in [0.25, 0.3) is 5.69 Å². The van der Waals surface area contributed by atoms with Gasteiger partial charge in [0.2, 0.25) is 0 Å². The van der Waals surface area contributed by atoms with Gasteiger partial charge in [0.15, 0.2) is 5.69 Å². The number of amides is 1. The lowest BCUT2D eigenvalue weighted by atomic mass is 10.1. The van der Waals surface area contributed by atoms with E-state index in [2.05, 4.69) is 10.6 Å². The maximum atomic E-state index is 12.4. The first-order chi connectivity index (χ1) is 11.2. The van der Waals surface area contributed by atoms with Crippen molar-refractivity contribution in [2.24, 2.45) is 0 Å². The molecule has 0 saturated carbocycles. The number of halogens is 1. The van der Waals surface area contributed by atoms with Gasteiger partial charge in [-0.2, -0.15) is 5.10 Å². The average molecular weight is 334 g/mol. The standard InChI is InChI=1S/C17H20ClN3O2/c1-2-23-20-17(22)16-14-6-4-3-5-7-15(14)21(19-16)13-10-8-12(18)9-11-13/h8-11H,2-7H2,1H3,(H,20,22). The van der Waals surface area contributed by atoms with Crippen LogP contribution in [0.5, 0.6) is 0 Å². The minimum absolute atomic E-state index is 0.280. The number of nitrogens with one attached hydrogen (secondary N) is 1. The third-order valence-electron chi connectivity index (χ3n) is 4.03. The molecule has 1 aliphatic carbocycles. The summed E-state index contributed by atoms with van der Waals surface area (Å²) in [4.78, 5) is 17.4. The van der Waals surface area contributed by atoms with E-state index in [9.17, 15) is 4.79 Å². The Labute approximate surface area is 140 Å². The van der Waals surface area contributed by atoms with Crippen molar-refractivity contribution in [3.05, 3.63) is 46.2 Å². The number of aromatic nitrogens is 2. The Hall–Kier alpha value is -1.85. The highest BCUT2D eigenvalue weighted by Gasteiger charge is 2.24.